The van der Waals surface area contributed by atoms with Crippen LogP contribution >= 0.6 is 15.9 Å². The monoisotopic (exact) mass is 307 g/mol. The van der Waals surface area contributed by atoms with Gasteiger partial charge in [-0.15, -0.1) is 0 Å². The van der Waals surface area contributed by atoms with Gasteiger partial charge in [0.1, 0.15) is 5.82 Å². The van der Waals surface area contributed by atoms with Crippen LogP contribution in [-0.4, -0.2) is 27.4 Å². The van der Waals surface area contributed by atoms with Gasteiger partial charge in [-0.3, -0.25) is 4.90 Å². The second-order valence-corrected chi connectivity index (χ2v) is 5.81. The SMILES string of the molecule is CCN1CCCCC1c1ncc2ccc(Br)cn12. The van der Waals surface area contributed by atoms with Crippen molar-refractivity contribution >= 4 is 21.4 Å². The van der Waals surface area contributed by atoms with E-state index in [-0.39, 0.29) is 0 Å². The van der Waals surface area contributed by atoms with Gasteiger partial charge in [0.2, 0.25) is 0 Å². The van der Waals surface area contributed by atoms with Crippen molar-refractivity contribution in [2.45, 2.75) is 32.2 Å². The maximum absolute atomic E-state index is 4.66. The predicted octanol–water partition coefficient (Wildman–Crippen LogP) is 3.64. The summed E-state index contributed by atoms with van der Waals surface area (Å²) in [4.78, 5) is 7.20. The van der Waals surface area contributed by atoms with E-state index < -0.39 is 0 Å². The Hall–Kier alpha value is -0.870. The molecule has 1 aliphatic heterocycles. The van der Waals surface area contributed by atoms with Crippen molar-refractivity contribution in [2.24, 2.45) is 0 Å². The summed E-state index contributed by atoms with van der Waals surface area (Å²) in [5.74, 6) is 1.19. The second kappa shape index (κ2) is 5.02. The van der Waals surface area contributed by atoms with E-state index in [1.807, 2.05) is 6.20 Å². The Balaban J connectivity index is 2.04. The van der Waals surface area contributed by atoms with E-state index in [9.17, 15) is 0 Å². The van der Waals surface area contributed by atoms with Crippen molar-refractivity contribution in [1.29, 1.82) is 0 Å². The summed E-state index contributed by atoms with van der Waals surface area (Å²) in [6, 6.07) is 4.65. The molecule has 0 aromatic carbocycles. The van der Waals surface area contributed by atoms with Gasteiger partial charge in [0.15, 0.2) is 0 Å². The summed E-state index contributed by atoms with van der Waals surface area (Å²) in [5.41, 5.74) is 1.18. The van der Waals surface area contributed by atoms with Crippen LogP contribution in [0.4, 0.5) is 0 Å². The van der Waals surface area contributed by atoms with Crippen molar-refractivity contribution in [1.82, 2.24) is 14.3 Å². The lowest BCUT2D eigenvalue weighted by Crippen LogP contribution is -2.34. The number of rotatable bonds is 2. The average molecular weight is 308 g/mol. The van der Waals surface area contributed by atoms with Gasteiger partial charge < -0.3 is 4.40 Å². The zero-order chi connectivity index (χ0) is 12.5. The Kier molecular flexibility index (Phi) is 3.39. The van der Waals surface area contributed by atoms with Gasteiger partial charge in [-0.1, -0.05) is 13.3 Å². The summed E-state index contributed by atoms with van der Waals surface area (Å²) >= 11 is 3.55. The summed E-state index contributed by atoms with van der Waals surface area (Å²) in [6.07, 6.45) is 7.95. The number of likely N-dealkylation sites (tertiary alicyclic amines) is 1. The maximum Gasteiger partial charge on any atom is 0.130 e. The van der Waals surface area contributed by atoms with Crippen LogP contribution in [0.15, 0.2) is 29.0 Å². The molecular formula is C14H18BrN3. The minimum absolute atomic E-state index is 0.473. The standard InChI is InChI=1S/C14H18BrN3/c1-2-17-8-4-3-5-13(17)14-16-9-12-7-6-11(15)10-18(12)14/h6-7,9-10,13H,2-5,8H2,1H3. The van der Waals surface area contributed by atoms with Crippen LogP contribution in [-0.2, 0) is 0 Å². The van der Waals surface area contributed by atoms with Crippen molar-refractivity contribution < 1.29 is 0 Å². The lowest BCUT2D eigenvalue weighted by atomic mass is 10.0. The first-order valence-corrected chi connectivity index (χ1v) is 7.45. The minimum Gasteiger partial charge on any atom is -0.301 e. The number of piperidine rings is 1. The first-order valence-electron chi connectivity index (χ1n) is 6.66. The molecule has 2 aromatic heterocycles. The molecule has 0 amide bonds. The van der Waals surface area contributed by atoms with E-state index in [1.54, 1.807) is 0 Å². The van der Waals surface area contributed by atoms with Gasteiger partial charge >= 0.3 is 0 Å². The number of halogens is 1. The Morgan fingerprint density at radius 3 is 3.11 bits per heavy atom. The van der Waals surface area contributed by atoms with Crippen LogP contribution in [0, 0.1) is 0 Å². The summed E-state index contributed by atoms with van der Waals surface area (Å²) < 4.78 is 3.33. The maximum atomic E-state index is 4.66. The molecule has 1 saturated heterocycles. The normalized spacial score (nSPS) is 21.6. The summed E-state index contributed by atoms with van der Waals surface area (Å²) in [6.45, 7) is 4.54. The van der Waals surface area contributed by atoms with E-state index in [0.29, 0.717) is 6.04 Å². The molecule has 0 bridgehead atoms. The molecule has 0 radical (unpaired) electrons. The molecule has 1 atom stereocenters. The largest absolute Gasteiger partial charge is 0.301 e. The number of hydrogen-bond acceptors (Lipinski definition) is 2. The smallest absolute Gasteiger partial charge is 0.130 e. The molecule has 2 aromatic rings. The molecular weight excluding hydrogens is 290 g/mol. The third-order valence-electron chi connectivity index (χ3n) is 3.84. The Morgan fingerprint density at radius 2 is 2.28 bits per heavy atom. The van der Waals surface area contributed by atoms with Crippen molar-refractivity contribution in [3.8, 4) is 0 Å². The van der Waals surface area contributed by atoms with E-state index in [2.05, 4.69) is 55.5 Å². The minimum atomic E-state index is 0.473. The molecule has 1 aliphatic rings. The van der Waals surface area contributed by atoms with Crippen LogP contribution in [0.2, 0.25) is 0 Å². The Morgan fingerprint density at radius 1 is 1.39 bits per heavy atom. The number of hydrogen-bond donors (Lipinski definition) is 0. The van der Waals surface area contributed by atoms with Crippen LogP contribution < -0.4 is 0 Å². The first kappa shape index (κ1) is 12.2. The van der Waals surface area contributed by atoms with Gasteiger partial charge in [0, 0.05) is 10.7 Å². The molecule has 0 spiro atoms. The number of fused-ring (bicyclic) bond motifs is 1. The zero-order valence-corrected chi connectivity index (χ0v) is 12.2. The first-order chi connectivity index (χ1) is 8.79. The molecule has 1 unspecified atom stereocenters. The molecule has 3 heterocycles. The number of pyridine rings is 1. The van der Waals surface area contributed by atoms with Crippen LogP contribution in [0.3, 0.4) is 0 Å². The Labute approximate surface area is 116 Å². The lowest BCUT2D eigenvalue weighted by Gasteiger charge is -2.33. The molecule has 3 nitrogen and oxygen atoms in total. The summed E-state index contributed by atoms with van der Waals surface area (Å²) in [7, 11) is 0. The molecule has 3 rings (SSSR count). The van der Waals surface area contributed by atoms with Gasteiger partial charge in [-0.25, -0.2) is 4.98 Å². The highest BCUT2D eigenvalue weighted by atomic mass is 79.9. The predicted molar refractivity (Wildman–Crippen MR) is 76.7 cm³/mol. The zero-order valence-electron chi connectivity index (χ0n) is 10.6. The van der Waals surface area contributed by atoms with E-state index in [0.717, 1.165) is 11.0 Å². The van der Waals surface area contributed by atoms with E-state index >= 15 is 0 Å². The highest BCUT2D eigenvalue weighted by Gasteiger charge is 2.25. The molecule has 96 valence electrons. The lowest BCUT2D eigenvalue weighted by molar-refractivity contribution is 0.149. The molecule has 4 heteroatoms. The fourth-order valence-corrected chi connectivity index (χ4v) is 3.23. The van der Waals surface area contributed by atoms with E-state index in [4.69, 9.17) is 0 Å². The van der Waals surface area contributed by atoms with Crippen LogP contribution in [0.25, 0.3) is 5.52 Å². The van der Waals surface area contributed by atoms with Crippen LogP contribution in [0.1, 0.15) is 38.1 Å². The topological polar surface area (TPSA) is 20.5 Å². The van der Waals surface area contributed by atoms with Gasteiger partial charge in [0.25, 0.3) is 0 Å². The average Bonchev–Trinajstić information content (AvgIpc) is 2.81. The van der Waals surface area contributed by atoms with Crippen LogP contribution in [0.5, 0.6) is 0 Å². The van der Waals surface area contributed by atoms with Crippen molar-refractivity contribution in [2.75, 3.05) is 13.1 Å². The number of aromatic nitrogens is 2. The third-order valence-corrected chi connectivity index (χ3v) is 4.31. The highest BCUT2D eigenvalue weighted by molar-refractivity contribution is 9.10. The molecule has 18 heavy (non-hydrogen) atoms. The molecule has 0 N–H and O–H groups in total. The highest BCUT2D eigenvalue weighted by Crippen LogP contribution is 2.30. The molecule has 1 fully saturated rings. The van der Waals surface area contributed by atoms with E-state index in [1.165, 1.54) is 37.1 Å². The van der Waals surface area contributed by atoms with Gasteiger partial charge in [-0.2, -0.15) is 0 Å². The fourth-order valence-electron chi connectivity index (χ4n) is 2.89. The van der Waals surface area contributed by atoms with Crippen molar-refractivity contribution in [3.63, 3.8) is 0 Å². The van der Waals surface area contributed by atoms with Gasteiger partial charge in [0.05, 0.1) is 17.8 Å². The molecule has 0 saturated carbocycles. The summed E-state index contributed by atoms with van der Waals surface area (Å²) in [5, 5.41) is 0. The third kappa shape index (κ3) is 2.08. The fraction of sp³-hybridized carbons (Fsp3) is 0.500. The number of nitrogens with zero attached hydrogens (tertiary/aromatic N) is 3. The second-order valence-electron chi connectivity index (χ2n) is 4.90. The number of imidazole rings is 1. The molecule has 0 aliphatic carbocycles. The Bertz CT molecular complexity index is 549. The van der Waals surface area contributed by atoms with Gasteiger partial charge in [-0.05, 0) is 54.0 Å². The van der Waals surface area contributed by atoms with Crippen molar-refractivity contribution in [3.05, 3.63) is 34.8 Å². The quantitative estimate of drug-likeness (QED) is 0.844.